The van der Waals surface area contributed by atoms with Crippen LogP contribution in [0.4, 0.5) is 0 Å². The number of rotatable bonds is 2. The number of carbonyl (C=O) groups excluding carboxylic acids is 1. The SMILES string of the molecule is C[N+]1(CC2CC2)CC[C@@]23c4c5ccc([O-])c4OC2C(=O)CCC3(O)C1C5. The third-order valence-electron chi connectivity index (χ3n) is 8.26. The number of carbonyl (C=O) groups is 1. The predicted octanol–water partition coefficient (Wildman–Crippen LogP) is 1.04. The van der Waals surface area contributed by atoms with Crippen LogP contribution in [0.5, 0.6) is 11.5 Å². The summed E-state index contributed by atoms with van der Waals surface area (Å²) in [5.41, 5.74) is 0.322. The third kappa shape index (κ3) is 1.55. The number of ketones is 1. The Morgan fingerprint density at radius 3 is 2.92 bits per heavy atom. The van der Waals surface area contributed by atoms with Crippen molar-refractivity contribution in [1.82, 2.24) is 0 Å². The zero-order chi connectivity index (χ0) is 17.9. The topological polar surface area (TPSA) is 69.6 Å². The summed E-state index contributed by atoms with van der Waals surface area (Å²) in [7, 11) is 2.29. The van der Waals surface area contributed by atoms with E-state index in [2.05, 4.69) is 7.05 Å². The van der Waals surface area contributed by atoms with E-state index in [4.69, 9.17) is 4.74 Å². The van der Waals surface area contributed by atoms with Crippen LogP contribution in [0.2, 0.25) is 0 Å². The zero-order valence-electron chi connectivity index (χ0n) is 15.2. The molecule has 5 aliphatic rings. The number of hydrogen-bond donors (Lipinski definition) is 1. The Morgan fingerprint density at radius 1 is 1.35 bits per heavy atom. The van der Waals surface area contributed by atoms with Crippen molar-refractivity contribution in [2.75, 3.05) is 20.1 Å². The van der Waals surface area contributed by atoms with Crippen LogP contribution in [0.25, 0.3) is 0 Å². The van der Waals surface area contributed by atoms with Crippen molar-refractivity contribution in [3.8, 4) is 11.5 Å². The molecular formula is C21H25NO4. The molecule has 4 unspecified atom stereocenters. The summed E-state index contributed by atoms with van der Waals surface area (Å²) in [5.74, 6) is 1.02. The van der Waals surface area contributed by atoms with Crippen LogP contribution >= 0.6 is 0 Å². The Morgan fingerprint density at radius 2 is 2.15 bits per heavy atom. The van der Waals surface area contributed by atoms with Gasteiger partial charge in [0.25, 0.3) is 0 Å². The van der Waals surface area contributed by atoms with Crippen molar-refractivity contribution in [2.24, 2.45) is 5.92 Å². The van der Waals surface area contributed by atoms with Crippen molar-refractivity contribution in [1.29, 1.82) is 0 Å². The molecule has 0 radical (unpaired) electrons. The first-order valence-electron chi connectivity index (χ1n) is 9.98. The molecule has 0 amide bonds. The Bertz CT molecular complexity index is 849. The smallest absolute Gasteiger partial charge is 0.174 e. The molecule has 1 aromatic rings. The molecule has 3 fully saturated rings. The van der Waals surface area contributed by atoms with Crippen molar-refractivity contribution < 1.29 is 24.2 Å². The predicted molar refractivity (Wildman–Crippen MR) is 91.9 cm³/mol. The van der Waals surface area contributed by atoms with Crippen molar-refractivity contribution in [3.05, 3.63) is 23.3 Å². The summed E-state index contributed by atoms with van der Waals surface area (Å²) >= 11 is 0. The normalized spacial score (nSPS) is 45.2. The monoisotopic (exact) mass is 355 g/mol. The zero-order valence-corrected chi connectivity index (χ0v) is 15.2. The largest absolute Gasteiger partial charge is 0.870 e. The number of ether oxygens (including phenoxy) is 1. The first-order valence-corrected chi connectivity index (χ1v) is 9.98. The Kier molecular flexibility index (Phi) is 2.65. The standard InChI is InChI=1S/C21H25NO4/c1-22(11-12-2-3-12)9-8-20-17-13-4-5-14(23)18(17)26-19(20)15(24)6-7-21(20,25)16(22)10-13/h4-5,12,16,19,25H,2-3,6-11H2,1H3/t16?,19?,20-,21?,22?/m1/s1. The maximum absolute atomic E-state index is 12.8. The number of aliphatic hydroxyl groups is 1. The van der Waals surface area contributed by atoms with E-state index in [0.29, 0.717) is 18.6 Å². The first-order chi connectivity index (χ1) is 12.4. The van der Waals surface area contributed by atoms with E-state index in [1.165, 1.54) is 12.8 Å². The van der Waals surface area contributed by atoms with Gasteiger partial charge in [-0.05, 0) is 24.8 Å². The third-order valence-corrected chi connectivity index (χ3v) is 8.26. The molecule has 1 saturated heterocycles. The minimum absolute atomic E-state index is 0.0511. The quantitative estimate of drug-likeness (QED) is 0.805. The average molecular weight is 355 g/mol. The molecule has 2 aliphatic heterocycles. The van der Waals surface area contributed by atoms with Crippen LogP contribution < -0.4 is 9.84 Å². The molecular weight excluding hydrogens is 330 g/mol. The van der Waals surface area contributed by atoms with Gasteiger partial charge in [-0.15, -0.1) is 0 Å². The molecule has 0 aromatic heterocycles. The molecule has 2 saturated carbocycles. The van der Waals surface area contributed by atoms with Crippen molar-refractivity contribution in [3.63, 3.8) is 0 Å². The van der Waals surface area contributed by atoms with Gasteiger partial charge in [-0.3, -0.25) is 4.79 Å². The first kappa shape index (κ1) is 15.5. The fourth-order valence-corrected chi connectivity index (χ4v) is 6.93. The van der Waals surface area contributed by atoms with Gasteiger partial charge < -0.3 is 19.4 Å². The van der Waals surface area contributed by atoms with E-state index in [1.807, 2.05) is 6.07 Å². The molecule has 138 valence electrons. The van der Waals surface area contributed by atoms with Crippen LogP contribution in [0.1, 0.15) is 43.2 Å². The van der Waals surface area contributed by atoms with E-state index in [9.17, 15) is 15.0 Å². The van der Waals surface area contributed by atoms with Gasteiger partial charge in [-0.2, -0.15) is 0 Å². The average Bonchev–Trinajstić information content (AvgIpc) is 3.32. The molecule has 3 aliphatic carbocycles. The number of hydrogen-bond acceptors (Lipinski definition) is 4. The second-order valence-electron chi connectivity index (χ2n) is 9.59. The fourth-order valence-electron chi connectivity index (χ4n) is 6.93. The van der Waals surface area contributed by atoms with E-state index < -0.39 is 17.1 Å². The summed E-state index contributed by atoms with van der Waals surface area (Å²) in [6.07, 6.45) is 4.26. The molecule has 1 N–H and O–H groups in total. The van der Waals surface area contributed by atoms with Gasteiger partial charge in [0, 0.05) is 30.7 Å². The maximum atomic E-state index is 12.8. The minimum atomic E-state index is -0.959. The van der Waals surface area contributed by atoms with Gasteiger partial charge in [0.2, 0.25) is 0 Å². The minimum Gasteiger partial charge on any atom is -0.870 e. The summed E-state index contributed by atoms with van der Waals surface area (Å²) in [6, 6.07) is 3.58. The van der Waals surface area contributed by atoms with Crippen LogP contribution in [-0.4, -0.2) is 53.3 Å². The Balaban J connectivity index is 1.60. The molecule has 5 heteroatoms. The number of benzene rings is 1. The molecule has 5 nitrogen and oxygen atoms in total. The Labute approximate surface area is 153 Å². The number of nitrogens with zero attached hydrogens (tertiary/aromatic N) is 1. The van der Waals surface area contributed by atoms with Crippen LogP contribution in [-0.2, 0) is 16.6 Å². The lowest BCUT2D eigenvalue weighted by atomic mass is 9.48. The maximum Gasteiger partial charge on any atom is 0.174 e. The van der Waals surface area contributed by atoms with Gasteiger partial charge in [0.15, 0.2) is 11.9 Å². The Hall–Kier alpha value is -1.59. The van der Waals surface area contributed by atoms with E-state index in [-0.39, 0.29) is 17.6 Å². The summed E-state index contributed by atoms with van der Waals surface area (Å²) in [6.45, 7) is 2.06. The molecule has 26 heavy (non-hydrogen) atoms. The van der Waals surface area contributed by atoms with Crippen molar-refractivity contribution in [2.45, 2.75) is 61.7 Å². The lowest BCUT2D eigenvalue weighted by Crippen LogP contribution is -2.80. The summed E-state index contributed by atoms with van der Waals surface area (Å²) < 4.78 is 6.91. The molecule has 1 spiro atoms. The molecule has 1 aromatic carbocycles. The molecule has 2 heterocycles. The second-order valence-corrected chi connectivity index (χ2v) is 9.59. The molecule has 5 atom stereocenters. The highest BCUT2D eigenvalue weighted by Crippen LogP contribution is 2.65. The number of Topliss-reactive ketones (excluding diaryl/α,β-unsaturated/α-hetero) is 1. The van der Waals surface area contributed by atoms with Crippen LogP contribution in [0.15, 0.2) is 12.1 Å². The molecule has 6 rings (SSSR count). The van der Waals surface area contributed by atoms with Gasteiger partial charge in [0.1, 0.15) is 17.4 Å². The summed E-state index contributed by atoms with van der Waals surface area (Å²) in [5, 5.41) is 24.6. The van der Waals surface area contributed by atoms with Crippen molar-refractivity contribution >= 4 is 5.78 Å². The lowest BCUT2D eigenvalue weighted by Gasteiger charge is -2.64. The van der Waals surface area contributed by atoms with Crippen LogP contribution in [0, 0.1) is 5.92 Å². The lowest BCUT2D eigenvalue weighted by molar-refractivity contribution is -0.950. The number of likely N-dealkylation sites (N-methyl/N-ethyl adjacent to an activating group) is 1. The number of quaternary nitrogens is 1. The highest BCUT2D eigenvalue weighted by molar-refractivity contribution is 5.89. The fraction of sp³-hybridized carbons (Fsp3) is 0.667. The highest BCUT2D eigenvalue weighted by Gasteiger charge is 2.76. The number of likely N-dealkylation sites (tertiary alicyclic amines) is 1. The van der Waals surface area contributed by atoms with Gasteiger partial charge >= 0.3 is 0 Å². The van der Waals surface area contributed by atoms with E-state index in [0.717, 1.165) is 47.5 Å². The summed E-state index contributed by atoms with van der Waals surface area (Å²) in [4.78, 5) is 12.8. The van der Waals surface area contributed by atoms with Gasteiger partial charge in [-0.1, -0.05) is 17.9 Å². The van der Waals surface area contributed by atoms with Gasteiger partial charge in [0.05, 0.1) is 25.6 Å². The number of piperidine rings is 1. The highest BCUT2D eigenvalue weighted by atomic mass is 16.5. The second kappa shape index (κ2) is 4.45. The van der Waals surface area contributed by atoms with Crippen LogP contribution in [0.3, 0.4) is 0 Å². The van der Waals surface area contributed by atoms with Gasteiger partial charge in [-0.25, -0.2) is 0 Å². The van der Waals surface area contributed by atoms with E-state index in [1.54, 1.807) is 6.07 Å². The van der Waals surface area contributed by atoms with E-state index >= 15 is 0 Å². The molecule has 2 bridgehead atoms.